The molecule has 0 radical (unpaired) electrons. The van der Waals surface area contributed by atoms with Gasteiger partial charge in [0, 0.05) is 12.5 Å². The number of nitrogen functional groups attached to an aromatic ring is 1. The van der Waals surface area contributed by atoms with Gasteiger partial charge in [-0.15, -0.1) is 0 Å². The molecule has 4 rings (SSSR count). The van der Waals surface area contributed by atoms with Crippen LogP contribution in [0.15, 0.2) is 55.1 Å². The molecule has 0 aliphatic heterocycles. The van der Waals surface area contributed by atoms with Gasteiger partial charge in [0.15, 0.2) is 17.8 Å². The summed E-state index contributed by atoms with van der Waals surface area (Å²) in [5.41, 5.74) is 6.83. The summed E-state index contributed by atoms with van der Waals surface area (Å²) in [5.74, 6) is 0.597. The second kappa shape index (κ2) is 8.99. The number of anilines is 1. The van der Waals surface area contributed by atoms with E-state index in [0.29, 0.717) is 16.9 Å². The first-order valence-corrected chi connectivity index (χ1v) is 11.2. The molecular formula is C20H22N5O5P. The molecule has 0 spiro atoms. The normalized spacial score (nSPS) is 14.5. The fraction of sp³-hybridized carbons (Fsp3) is 0.250. The Bertz CT molecular complexity index is 1240. The number of nitrogens with two attached hydrogens (primary N) is 1. The predicted molar refractivity (Wildman–Crippen MR) is 116 cm³/mol. The highest BCUT2D eigenvalue weighted by Gasteiger charge is 2.25. The second-order valence-corrected chi connectivity index (χ2v) is 8.62. The van der Waals surface area contributed by atoms with Gasteiger partial charge in [0.05, 0.1) is 25.6 Å². The van der Waals surface area contributed by atoms with E-state index >= 15 is 0 Å². The molecule has 3 N–H and O–H groups in total. The van der Waals surface area contributed by atoms with E-state index in [0.717, 1.165) is 10.8 Å². The summed E-state index contributed by atoms with van der Waals surface area (Å²) < 4.78 is 30.8. The molecule has 0 aliphatic carbocycles. The summed E-state index contributed by atoms with van der Waals surface area (Å²) in [4.78, 5) is 22.7. The Kier molecular flexibility index (Phi) is 6.15. The molecule has 11 heteroatoms. The molecule has 0 saturated carbocycles. The van der Waals surface area contributed by atoms with Gasteiger partial charge in [-0.1, -0.05) is 36.4 Å². The number of imidazole rings is 1. The van der Waals surface area contributed by atoms with E-state index in [2.05, 4.69) is 15.0 Å². The van der Waals surface area contributed by atoms with Crippen LogP contribution in [0.3, 0.4) is 0 Å². The summed E-state index contributed by atoms with van der Waals surface area (Å²) in [6.07, 6.45) is 1.86. The van der Waals surface area contributed by atoms with Crippen LogP contribution in [0.1, 0.15) is 0 Å². The zero-order valence-electron chi connectivity index (χ0n) is 16.8. The van der Waals surface area contributed by atoms with Gasteiger partial charge < -0.3 is 29.2 Å². The molecular weight excluding hydrogens is 421 g/mol. The van der Waals surface area contributed by atoms with Crippen molar-refractivity contribution in [3.63, 3.8) is 0 Å². The highest BCUT2D eigenvalue weighted by molar-refractivity contribution is 7.53. The van der Waals surface area contributed by atoms with Gasteiger partial charge in [0.25, 0.3) is 0 Å². The zero-order valence-corrected chi connectivity index (χ0v) is 17.7. The van der Waals surface area contributed by atoms with Crippen molar-refractivity contribution < 1.29 is 23.5 Å². The van der Waals surface area contributed by atoms with Crippen LogP contribution in [0, 0.1) is 0 Å². The van der Waals surface area contributed by atoms with Crippen LogP contribution in [-0.4, -0.2) is 50.6 Å². The minimum atomic E-state index is -4.09. The minimum absolute atomic E-state index is 0.189. The number of ether oxygens (including phenoxy) is 2. The fourth-order valence-corrected chi connectivity index (χ4v) is 4.16. The average Bonchev–Trinajstić information content (AvgIpc) is 3.16. The summed E-state index contributed by atoms with van der Waals surface area (Å²) in [6.45, 7) is 0.476. The third-order valence-electron chi connectivity index (χ3n) is 4.65. The fourth-order valence-electron chi connectivity index (χ4n) is 3.25. The van der Waals surface area contributed by atoms with Crippen LogP contribution in [-0.2, 0) is 20.6 Å². The van der Waals surface area contributed by atoms with Crippen molar-refractivity contribution in [3.05, 3.63) is 55.1 Å². The van der Waals surface area contributed by atoms with Crippen molar-refractivity contribution in [2.24, 2.45) is 0 Å². The molecule has 4 aromatic rings. The lowest BCUT2D eigenvalue weighted by atomic mass is 10.1. The minimum Gasteiger partial charge on any atom is -0.422 e. The number of fused-ring (bicyclic) bond motifs is 2. The highest BCUT2D eigenvalue weighted by Crippen LogP contribution is 2.44. The molecule has 0 saturated heterocycles. The first-order valence-electron chi connectivity index (χ1n) is 9.48. The second-order valence-electron chi connectivity index (χ2n) is 6.91. The first-order chi connectivity index (χ1) is 15.0. The monoisotopic (exact) mass is 443 g/mol. The van der Waals surface area contributed by atoms with Crippen molar-refractivity contribution in [1.29, 1.82) is 0 Å². The maximum absolute atomic E-state index is 12.7. The molecule has 162 valence electrons. The molecule has 0 bridgehead atoms. The Balaban J connectivity index is 1.46. The standard InChI is InChI=1S/C20H22N5O5P/c1-28-10-15(9-25-12-24-18-19(21)22-11-23-20(18)25)29-13-31(26,27)30-17-8-4-6-14-5-2-3-7-16(14)17/h2-8,11-12,15H,9-10,13H2,1H3,(H,26,27)(H2,21,22,23)/t15-/m0/s1. The van der Waals surface area contributed by atoms with Gasteiger partial charge in [-0.2, -0.15) is 0 Å². The first kappa shape index (κ1) is 21.2. The Labute approximate surface area is 178 Å². The highest BCUT2D eigenvalue weighted by atomic mass is 31.2. The van der Waals surface area contributed by atoms with E-state index in [4.69, 9.17) is 19.7 Å². The largest absolute Gasteiger partial charge is 0.422 e. The lowest BCUT2D eigenvalue weighted by Gasteiger charge is -2.20. The number of hydrogen-bond acceptors (Lipinski definition) is 8. The molecule has 2 aromatic heterocycles. The van der Waals surface area contributed by atoms with Crippen LogP contribution >= 0.6 is 7.60 Å². The summed E-state index contributed by atoms with van der Waals surface area (Å²) in [6, 6.07) is 12.8. The van der Waals surface area contributed by atoms with Crippen molar-refractivity contribution in [2.45, 2.75) is 12.6 Å². The van der Waals surface area contributed by atoms with Crippen LogP contribution in [0.25, 0.3) is 21.9 Å². The molecule has 0 aliphatic rings. The number of benzene rings is 2. The number of nitrogens with zero attached hydrogens (tertiary/aromatic N) is 4. The van der Waals surface area contributed by atoms with E-state index < -0.39 is 20.0 Å². The molecule has 2 atom stereocenters. The smallest absolute Gasteiger partial charge is 0.402 e. The van der Waals surface area contributed by atoms with Gasteiger partial charge in [-0.3, -0.25) is 0 Å². The van der Waals surface area contributed by atoms with E-state index in [1.807, 2.05) is 30.3 Å². The van der Waals surface area contributed by atoms with Crippen molar-refractivity contribution in [3.8, 4) is 5.75 Å². The average molecular weight is 443 g/mol. The Hall–Kier alpha value is -3.04. The van der Waals surface area contributed by atoms with E-state index in [1.165, 1.54) is 13.4 Å². The predicted octanol–water partition coefficient (Wildman–Crippen LogP) is 2.82. The zero-order chi connectivity index (χ0) is 21.8. The van der Waals surface area contributed by atoms with Crippen molar-refractivity contribution in [2.75, 3.05) is 25.8 Å². The van der Waals surface area contributed by atoms with Crippen LogP contribution in [0.2, 0.25) is 0 Å². The Morgan fingerprint density at radius 2 is 1.97 bits per heavy atom. The molecule has 0 fully saturated rings. The number of rotatable bonds is 9. The van der Waals surface area contributed by atoms with Crippen LogP contribution in [0.5, 0.6) is 5.75 Å². The van der Waals surface area contributed by atoms with Gasteiger partial charge in [-0.05, 0) is 11.5 Å². The number of aromatic nitrogens is 4. The Morgan fingerprint density at radius 1 is 1.16 bits per heavy atom. The van der Waals surface area contributed by atoms with Gasteiger partial charge in [-0.25, -0.2) is 19.5 Å². The summed E-state index contributed by atoms with van der Waals surface area (Å²) in [5, 5.41) is 1.65. The molecule has 2 heterocycles. The van der Waals surface area contributed by atoms with Gasteiger partial charge >= 0.3 is 7.60 Å². The molecule has 0 amide bonds. The van der Waals surface area contributed by atoms with Crippen LogP contribution < -0.4 is 10.3 Å². The molecule has 1 unspecified atom stereocenters. The van der Waals surface area contributed by atoms with Gasteiger partial charge in [0.2, 0.25) is 0 Å². The molecule has 10 nitrogen and oxygen atoms in total. The van der Waals surface area contributed by atoms with Gasteiger partial charge in [0.1, 0.15) is 17.6 Å². The quantitative estimate of drug-likeness (QED) is 0.374. The summed E-state index contributed by atoms with van der Waals surface area (Å²) in [7, 11) is -2.57. The maximum atomic E-state index is 12.7. The number of methoxy groups -OCH3 is 1. The van der Waals surface area contributed by atoms with E-state index in [-0.39, 0.29) is 19.0 Å². The van der Waals surface area contributed by atoms with Crippen molar-refractivity contribution in [1.82, 2.24) is 19.5 Å². The third-order valence-corrected chi connectivity index (χ3v) is 5.60. The summed E-state index contributed by atoms with van der Waals surface area (Å²) >= 11 is 0. The maximum Gasteiger partial charge on any atom is 0.402 e. The lowest BCUT2D eigenvalue weighted by Crippen LogP contribution is -2.26. The number of hydrogen-bond donors (Lipinski definition) is 2. The lowest BCUT2D eigenvalue weighted by molar-refractivity contribution is 0.00456. The topological polar surface area (TPSA) is 135 Å². The van der Waals surface area contributed by atoms with Crippen molar-refractivity contribution >= 4 is 35.3 Å². The molecule has 31 heavy (non-hydrogen) atoms. The van der Waals surface area contributed by atoms with E-state index in [1.54, 1.807) is 23.0 Å². The third kappa shape index (κ3) is 4.83. The molecule has 2 aromatic carbocycles. The Morgan fingerprint density at radius 3 is 2.81 bits per heavy atom. The van der Waals surface area contributed by atoms with E-state index in [9.17, 15) is 9.46 Å². The SMILES string of the molecule is COC[C@H](Cn1cnc2c(N)ncnc21)OCP(=O)(O)Oc1cccc2ccccc12. The van der Waals surface area contributed by atoms with Crippen LogP contribution in [0.4, 0.5) is 5.82 Å².